The standard InChI is InChI=1S/C15H22O/c1-3-5-12-15(16)14(9-4-2)13-10-7-6-8-11-13/h6-8,10-11,14H,3-5,9,12H2,1-2H3. The quantitative estimate of drug-likeness (QED) is 0.665. The first kappa shape index (κ1) is 13.0. The van der Waals surface area contributed by atoms with Crippen LogP contribution in [0.2, 0.25) is 0 Å². The first-order valence-corrected chi connectivity index (χ1v) is 6.37. The minimum atomic E-state index is 0.123. The van der Waals surface area contributed by atoms with Gasteiger partial charge in [0, 0.05) is 12.3 Å². The van der Waals surface area contributed by atoms with E-state index in [1.54, 1.807) is 0 Å². The summed E-state index contributed by atoms with van der Waals surface area (Å²) < 4.78 is 0. The fourth-order valence-corrected chi connectivity index (χ4v) is 2.01. The summed E-state index contributed by atoms with van der Waals surface area (Å²) in [5, 5.41) is 0. The lowest BCUT2D eigenvalue weighted by atomic mass is 9.88. The lowest BCUT2D eigenvalue weighted by Gasteiger charge is -2.15. The Morgan fingerprint density at radius 1 is 1.12 bits per heavy atom. The number of benzene rings is 1. The van der Waals surface area contributed by atoms with E-state index >= 15 is 0 Å². The Morgan fingerprint density at radius 3 is 2.38 bits per heavy atom. The highest BCUT2D eigenvalue weighted by Gasteiger charge is 2.18. The van der Waals surface area contributed by atoms with E-state index in [2.05, 4.69) is 26.0 Å². The van der Waals surface area contributed by atoms with Gasteiger partial charge in [-0.15, -0.1) is 0 Å². The molecule has 0 saturated carbocycles. The van der Waals surface area contributed by atoms with Gasteiger partial charge >= 0.3 is 0 Å². The first-order chi connectivity index (χ1) is 7.79. The summed E-state index contributed by atoms with van der Waals surface area (Å²) in [6.45, 7) is 4.27. The molecule has 88 valence electrons. The van der Waals surface area contributed by atoms with Crippen molar-refractivity contribution in [3.8, 4) is 0 Å². The topological polar surface area (TPSA) is 17.1 Å². The molecular formula is C15H22O. The maximum absolute atomic E-state index is 12.1. The fourth-order valence-electron chi connectivity index (χ4n) is 2.01. The molecule has 0 fully saturated rings. The zero-order valence-corrected chi connectivity index (χ0v) is 10.4. The van der Waals surface area contributed by atoms with Gasteiger partial charge in [0.15, 0.2) is 0 Å². The molecule has 0 aliphatic rings. The van der Waals surface area contributed by atoms with Crippen LogP contribution < -0.4 is 0 Å². The highest BCUT2D eigenvalue weighted by atomic mass is 16.1. The van der Waals surface area contributed by atoms with Crippen molar-refractivity contribution in [2.24, 2.45) is 0 Å². The van der Waals surface area contributed by atoms with E-state index in [0.717, 1.165) is 32.1 Å². The molecular weight excluding hydrogens is 196 g/mol. The smallest absolute Gasteiger partial charge is 0.140 e. The summed E-state index contributed by atoms with van der Waals surface area (Å²) in [6.07, 6.45) is 4.89. The van der Waals surface area contributed by atoms with Crippen molar-refractivity contribution in [2.45, 2.75) is 51.9 Å². The van der Waals surface area contributed by atoms with Crippen molar-refractivity contribution < 1.29 is 4.79 Å². The molecule has 0 N–H and O–H groups in total. The van der Waals surface area contributed by atoms with E-state index in [0.29, 0.717) is 5.78 Å². The van der Waals surface area contributed by atoms with E-state index in [-0.39, 0.29) is 5.92 Å². The third-order valence-corrected chi connectivity index (χ3v) is 2.94. The number of Topliss-reactive ketones (excluding diaryl/α,β-unsaturated/α-hetero) is 1. The second kappa shape index (κ2) is 7.21. The van der Waals surface area contributed by atoms with Crippen molar-refractivity contribution >= 4 is 5.78 Å². The Balaban J connectivity index is 2.71. The number of carbonyl (C=O) groups excluding carboxylic acids is 1. The molecule has 0 amide bonds. The Kier molecular flexibility index (Phi) is 5.84. The van der Waals surface area contributed by atoms with Crippen LogP contribution in [-0.4, -0.2) is 5.78 Å². The number of ketones is 1. The summed E-state index contributed by atoms with van der Waals surface area (Å²) in [4.78, 5) is 12.1. The summed E-state index contributed by atoms with van der Waals surface area (Å²) in [7, 11) is 0. The highest BCUT2D eigenvalue weighted by Crippen LogP contribution is 2.24. The predicted octanol–water partition coefficient (Wildman–Crippen LogP) is 4.33. The van der Waals surface area contributed by atoms with Crippen molar-refractivity contribution in [1.82, 2.24) is 0 Å². The number of hydrogen-bond acceptors (Lipinski definition) is 1. The Hall–Kier alpha value is -1.11. The van der Waals surface area contributed by atoms with Crippen molar-refractivity contribution in [3.63, 3.8) is 0 Å². The van der Waals surface area contributed by atoms with Crippen LogP contribution >= 0.6 is 0 Å². The minimum Gasteiger partial charge on any atom is -0.299 e. The van der Waals surface area contributed by atoms with Gasteiger partial charge in [-0.25, -0.2) is 0 Å². The molecule has 0 heterocycles. The second-order valence-electron chi connectivity index (χ2n) is 4.32. The minimum absolute atomic E-state index is 0.123. The second-order valence-corrected chi connectivity index (χ2v) is 4.32. The van der Waals surface area contributed by atoms with Gasteiger partial charge in [0.05, 0.1) is 0 Å². The van der Waals surface area contributed by atoms with Gasteiger partial charge in [-0.1, -0.05) is 57.0 Å². The summed E-state index contributed by atoms with van der Waals surface area (Å²) in [5.74, 6) is 0.535. The van der Waals surface area contributed by atoms with Gasteiger partial charge in [-0.05, 0) is 18.4 Å². The average molecular weight is 218 g/mol. The van der Waals surface area contributed by atoms with Crippen molar-refractivity contribution in [1.29, 1.82) is 0 Å². The molecule has 0 aliphatic carbocycles. The van der Waals surface area contributed by atoms with Crippen LogP contribution in [0.15, 0.2) is 30.3 Å². The molecule has 0 saturated heterocycles. The zero-order chi connectivity index (χ0) is 11.8. The van der Waals surface area contributed by atoms with Gasteiger partial charge in [0.1, 0.15) is 5.78 Å². The number of hydrogen-bond donors (Lipinski definition) is 0. The molecule has 0 spiro atoms. The lowest BCUT2D eigenvalue weighted by molar-refractivity contribution is -0.120. The SMILES string of the molecule is CCCCC(=O)C(CCC)c1ccccc1. The van der Waals surface area contributed by atoms with Gasteiger partial charge in [0.2, 0.25) is 0 Å². The van der Waals surface area contributed by atoms with Crippen molar-refractivity contribution in [2.75, 3.05) is 0 Å². The number of carbonyl (C=O) groups is 1. The summed E-state index contributed by atoms with van der Waals surface area (Å²) >= 11 is 0. The molecule has 1 rings (SSSR count). The van der Waals surface area contributed by atoms with Crippen LogP contribution in [0.1, 0.15) is 57.4 Å². The molecule has 16 heavy (non-hydrogen) atoms. The molecule has 0 radical (unpaired) electrons. The largest absolute Gasteiger partial charge is 0.299 e. The molecule has 1 heteroatoms. The molecule has 0 bridgehead atoms. The molecule has 1 nitrogen and oxygen atoms in total. The highest BCUT2D eigenvalue weighted by molar-refractivity contribution is 5.85. The average Bonchev–Trinajstić information content (AvgIpc) is 2.34. The van der Waals surface area contributed by atoms with E-state index in [1.165, 1.54) is 5.56 Å². The zero-order valence-electron chi connectivity index (χ0n) is 10.4. The fraction of sp³-hybridized carbons (Fsp3) is 0.533. The Morgan fingerprint density at radius 2 is 1.81 bits per heavy atom. The molecule has 1 atom stereocenters. The molecule has 1 aromatic rings. The normalized spacial score (nSPS) is 12.4. The first-order valence-electron chi connectivity index (χ1n) is 6.37. The van der Waals surface area contributed by atoms with Crippen LogP contribution in [0.3, 0.4) is 0 Å². The van der Waals surface area contributed by atoms with Crippen LogP contribution in [0.4, 0.5) is 0 Å². The van der Waals surface area contributed by atoms with Gasteiger partial charge in [0.25, 0.3) is 0 Å². The van der Waals surface area contributed by atoms with Gasteiger partial charge < -0.3 is 0 Å². The molecule has 0 aliphatic heterocycles. The summed E-state index contributed by atoms with van der Waals surface area (Å²) in [6, 6.07) is 10.2. The van der Waals surface area contributed by atoms with Crippen LogP contribution in [0.5, 0.6) is 0 Å². The van der Waals surface area contributed by atoms with E-state index in [1.807, 2.05) is 18.2 Å². The van der Waals surface area contributed by atoms with Crippen LogP contribution in [0.25, 0.3) is 0 Å². The van der Waals surface area contributed by atoms with Crippen LogP contribution in [-0.2, 0) is 4.79 Å². The Labute approximate surface area is 98.9 Å². The third-order valence-electron chi connectivity index (χ3n) is 2.94. The van der Waals surface area contributed by atoms with E-state index in [4.69, 9.17) is 0 Å². The monoisotopic (exact) mass is 218 g/mol. The summed E-state index contributed by atoms with van der Waals surface area (Å²) in [5.41, 5.74) is 1.19. The number of rotatable bonds is 7. The third kappa shape index (κ3) is 3.80. The van der Waals surface area contributed by atoms with Crippen molar-refractivity contribution in [3.05, 3.63) is 35.9 Å². The van der Waals surface area contributed by atoms with E-state index in [9.17, 15) is 4.79 Å². The lowest BCUT2D eigenvalue weighted by Crippen LogP contribution is -2.12. The molecule has 1 unspecified atom stereocenters. The predicted molar refractivity (Wildman–Crippen MR) is 68.6 cm³/mol. The van der Waals surface area contributed by atoms with E-state index < -0.39 is 0 Å². The molecule has 0 aromatic heterocycles. The van der Waals surface area contributed by atoms with Crippen LogP contribution in [0, 0.1) is 0 Å². The number of unbranched alkanes of at least 4 members (excludes halogenated alkanes) is 1. The maximum Gasteiger partial charge on any atom is 0.140 e. The maximum atomic E-state index is 12.1. The molecule has 1 aromatic carbocycles. The Bertz CT molecular complexity index is 302. The van der Waals surface area contributed by atoms with Gasteiger partial charge in [-0.3, -0.25) is 4.79 Å². The van der Waals surface area contributed by atoms with Gasteiger partial charge in [-0.2, -0.15) is 0 Å².